The lowest BCUT2D eigenvalue weighted by molar-refractivity contribution is 0.166. The molecular weight excluding hydrogens is 320 g/mol. The molecule has 0 atom stereocenters. The van der Waals surface area contributed by atoms with E-state index >= 15 is 0 Å². The molecule has 2 rings (SSSR count). The molecule has 102 valence electrons. The van der Waals surface area contributed by atoms with Gasteiger partial charge in [0.2, 0.25) is 0 Å². The van der Waals surface area contributed by atoms with Gasteiger partial charge >= 0.3 is 6.09 Å². The van der Waals surface area contributed by atoms with Crippen molar-refractivity contribution in [3.8, 4) is 0 Å². The van der Waals surface area contributed by atoms with Gasteiger partial charge in [0.15, 0.2) is 0 Å². The molecule has 1 N–H and O–H groups in total. The largest absolute Gasteiger partial charge is 0.437 e. The minimum Gasteiger partial charge on any atom is -0.298 e. The Hall–Kier alpha value is -2.14. The SMILES string of the molecule is C/C(=N/OC(=O)Nc1ccc(Br)cc1)c1ccccc1. The lowest BCUT2D eigenvalue weighted by Gasteiger charge is -2.04. The van der Waals surface area contributed by atoms with Gasteiger partial charge in [-0.25, -0.2) is 4.79 Å². The first kappa shape index (κ1) is 14.3. The van der Waals surface area contributed by atoms with E-state index in [9.17, 15) is 4.79 Å². The lowest BCUT2D eigenvalue weighted by Crippen LogP contribution is -2.11. The average molecular weight is 333 g/mol. The Morgan fingerprint density at radius 1 is 1.10 bits per heavy atom. The van der Waals surface area contributed by atoms with Crippen molar-refractivity contribution in [2.45, 2.75) is 6.92 Å². The van der Waals surface area contributed by atoms with E-state index in [1.54, 1.807) is 19.1 Å². The molecule has 1 amide bonds. The van der Waals surface area contributed by atoms with E-state index < -0.39 is 6.09 Å². The fourth-order valence-electron chi connectivity index (χ4n) is 1.52. The molecule has 2 aromatic rings. The smallest absolute Gasteiger partial charge is 0.298 e. The number of halogens is 1. The van der Waals surface area contributed by atoms with E-state index in [0.29, 0.717) is 11.4 Å². The summed E-state index contributed by atoms with van der Waals surface area (Å²) in [6.45, 7) is 1.78. The summed E-state index contributed by atoms with van der Waals surface area (Å²) in [6.07, 6.45) is -0.623. The van der Waals surface area contributed by atoms with Gasteiger partial charge in [-0.3, -0.25) is 10.2 Å². The van der Waals surface area contributed by atoms with Crippen LogP contribution in [0.15, 0.2) is 64.2 Å². The summed E-state index contributed by atoms with van der Waals surface area (Å²) in [5, 5.41) is 6.39. The number of benzene rings is 2. The number of nitrogens with one attached hydrogen (secondary N) is 1. The number of amides is 1. The minimum absolute atomic E-state index is 0.623. The van der Waals surface area contributed by atoms with Gasteiger partial charge in [0.05, 0.1) is 5.71 Å². The number of carbonyl (C=O) groups excluding carboxylic acids is 1. The molecule has 0 unspecified atom stereocenters. The van der Waals surface area contributed by atoms with Crippen LogP contribution in [0.5, 0.6) is 0 Å². The highest BCUT2D eigenvalue weighted by molar-refractivity contribution is 9.10. The first-order chi connectivity index (χ1) is 9.65. The molecule has 0 heterocycles. The van der Waals surface area contributed by atoms with Crippen molar-refractivity contribution in [3.63, 3.8) is 0 Å². The minimum atomic E-state index is -0.623. The fraction of sp³-hybridized carbons (Fsp3) is 0.0667. The highest BCUT2D eigenvalue weighted by atomic mass is 79.9. The van der Waals surface area contributed by atoms with Gasteiger partial charge in [-0.1, -0.05) is 51.4 Å². The van der Waals surface area contributed by atoms with Crippen LogP contribution >= 0.6 is 15.9 Å². The van der Waals surface area contributed by atoms with Gasteiger partial charge in [-0.15, -0.1) is 0 Å². The molecule has 0 bridgehead atoms. The van der Waals surface area contributed by atoms with Gasteiger partial charge < -0.3 is 0 Å². The molecule has 20 heavy (non-hydrogen) atoms. The van der Waals surface area contributed by atoms with Crippen LogP contribution in [0, 0.1) is 0 Å². The Bertz CT molecular complexity index is 610. The Kier molecular flexibility index (Phi) is 4.90. The number of rotatable bonds is 3. The number of anilines is 1. The lowest BCUT2D eigenvalue weighted by atomic mass is 10.1. The maximum absolute atomic E-state index is 11.6. The van der Waals surface area contributed by atoms with Gasteiger partial charge in [-0.05, 0) is 36.8 Å². The predicted molar refractivity (Wildman–Crippen MR) is 82.9 cm³/mol. The molecule has 0 radical (unpaired) electrons. The summed E-state index contributed by atoms with van der Waals surface area (Å²) in [7, 11) is 0. The summed E-state index contributed by atoms with van der Waals surface area (Å²) in [5.41, 5.74) is 2.19. The Morgan fingerprint density at radius 3 is 2.40 bits per heavy atom. The molecular formula is C15H13BrN2O2. The van der Waals surface area contributed by atoms with Crippen molar-refractivity contribution < 1.29 is 9.63 Å². The third-order valence-electron chi connectivity index (χ3n) is 2.55. The maximum Gasteiger partial charge on any atom is 0.437 e. The van der Waals surface area contributed by atoms with Crippen LogP contribution in [0.1, 0.15) is 12.5 Å². The molecule has 5 heteroatoms. The quantitative estimate of drug-likeness (QED) is 0.513. The molecule has 2 aromatic carbocycles. The van der Waals surface area contributed by atoms with E-state index in [-0.39, 0.29) is 0 Å². The molecule has 0 aliphatic rings. The third kappa shape index (κ3) is 4.20. The van der Waals surface area contributed by atoms with Crippen molar-refractivity contribution in [2.24, 2.45) is 5.16 Å². The monoisotopic (exact) mass is 332 g/mol. The van der Waals surface area contributed by atoms with E-state index in [1.807, 2.05) is 42.5 Å². The molecule has 0 saturated heterocycles. The van der Waals surface area contributed by atoms with E-state index in [0.717, 1.165) is 10.0 Å². The molecule has 4 nitrogen and oxygen atoms in total. The van der Waals surface area contributed by atoms with Gasteiger partial charge in [0.25, 0.3) is 0 Å². The summed E-state index contributed by atoms with van der Waals surface area (Å²) in [5.74, 6) is 0. The van der Waals surface area contributed by atoms with Crippen LogP contribution in [0.2, 0.25) is 0 Å². The Balaban J connectivity index is 1.93. The number of oxime groups is 1. The van der Waals surface area contributed by atoms with Crippen LogP contribution in [-0.4, -0.2) is 11.8 Å². The van der Waals surface area contributed by atoms with Crippen molar-refractivity contribution in [1.29, 1.82) is 0 Å². The number of nitrogens with zero attached hydrogens (tertiary/aromatic N) is 1. The van der Waals surface area contributed by atoms with E-state index in [1.165, 1.54) is 0 Å². The number of hydrogen-bond donors (Lipinski definition) is 1. The predicted octanol–water partition coefficient (Wildman–Crippen LogP) is 4.42. The standard InChI is InChI=1S/C15H13BrN2O2/c1-11(12-5-3-2-4-6-12)18-20-15(19)17-14-9-7-13(16)8-10-14/h2-10H,1H3,(H,17,19)/b18-11-. The van der Waals surface area contributed by atoms with Gasteiger partial charge in [0.1, 0.15) is 0 Å². The van der Waals surface area contributed by atoms with E-state index in [4.69, 9.17) is 4.84 Å². The first-order valence-electron chi connectivity index (χ1n) is 5.99. The first-order valence-corrected chi connectivity index (χ1v) is 6.78. The molecule has 0 aliphatic carbocycles. The second kappa shape index (κ2) is 6.86. The van der Waals surface area contributed by atoms with Gasteiger partial charge in [0, 0.05) is 10.2 Å². The molecule has 0 saturated carbocycles. The third-order valence-corrected chi connectivity index (χ3v) is 3.08. The second-order valence-corrected chi connectivity index (χ2v) is 4.97. The van der Waals surface area contributed by atoms with Crippen molar-refractivity contribution in [2.75, 3.05) is 5.32 Å². The van der Waals surface area contributed by atoms with Crippen LogP contribution in [-0.2, 0) is 4.84 Å². The molecule has 0 spiro atoms. The van der Waals surface area contributed by atoms with Crippen molar-refractivity contribution in [1.82, 2.24) is 0 Å². The number of hydrogen-bond acceptors (Lipinski definition) is 3. The zero-order valence-corrected chi connectivity index (χ0v) is 12.4. The normalized spacial score (nSPS) is 11.0. The summed E-state index contributed by atoms with van der Waals surface area (Å²) in [4.78, 5) is 16.4. The van der Waals surface area contributed by atoms with Crippen molar-refractivity contribution >= 4 is 33.4 Å². The highest BCUT2D eigenvalue weighted by Crippen LogP contribution is 2.14. The van der Waals surface area contributed by atoms with Crippen LogP contribution in [0.4, 0.5) is 10.5 Å². The summed E-state index contributed by atoms with van der Waals surface area (Å²) < 4.78 is 0.939. The molecule has 0 fully saturated rings. The van der Waals surface area contributed by atoms with Crippen molar-refractivity contribution in [3.05, 3.63) is 64.6 Å². The van der Waals surface area contributed by atoms with Crippen LogP contribution < -0.4 is 5.32 Å². The second-order valence-electron chi connectivity index (χ2n) is 4.05. The Labute approximate surface area is 125 Å². The average Bonchev–Trinajstić information content (AvgIpc) is 2.48. The maximum atomic E-state index is 11.6. The topological polar surface area (TPSA) is 50.7 Å². The summed E-state index contributed by atoms with van der Waals surface area (Å²) >= 11 is 3.32. The molecule has 0 aromatic heterocycles. The highest BCUT2D eigenvalue weighted by Gasteiger charge is 2.03. The zero-order chi connectivity index (χ0) is 14.4. The van der Waals surface area contributed by atoms with Gasteiger partial charge in [-0.2, -0.15) is 0 Å². The van der Waals surface area contributed by atoms with E-state index in [2.05, 4.69) is 26.4 Å². The summed E-state index contributed by atoms with van der Waals surface area (Å²) in [6, 6.07) is 16.7. The Morgan fingerprint density at radius 2 is 1.75 bits per heavy atom. The zero-order valence-electron chi connectivity index (χ0n) is 10.8. The van der Waals surface area contributed by atoms with Crippen LogP contribution in [0.25, 0.3) is 0 Å². The fourth-order valence-corrected chi connectivity index (χ4v) is 1.78. The van der Waals surface area contributed by atoms with Crippen LogP contribution in [0.3, 0.4) is 0 Å². The molecule has 0 aliphatic heterocycles. The number of carbonyl (C=O) groups is 1.